The SMILES string of the molecule is CCC(Nc1cccc(C)c1)(C(N)=O)c1ccc(O)cc1. The summed E-state index contributed by atoms with van der Waals surface area (Å²) in [4.78, 5) is 12.1. The van der Waals surface area contributed by atoms with Crippen LogP contribution in [0.25, 0.3) is 0 Å². The van der Waals surface area contributed by atoms with Crippen molar-refractivity contribution in [2.45, 2.75) is 25.8 Å². The molecule has 0 spiro atoms. The van der Waals surface area contributed by atoms with Gasteiger partial charge in [0.05, 0.1) is 0 Å². The van der Waals surface area contributed by atoms with Crippen LogP contribution in [-0.2, 0) is 10.3 Å². The molecule has 0 aliphatic heterocycles. The normalized spacial score (nSPS) is 13.4. The zero-order valence-corrected chi connectivity index (χ0v) is 12.3. The quantitative estimate of drug-likeness (QED) is 0.790. The zero-order chi connectivity index (χ0) is 15.5. The third kappa shape index (κ3) is 2.99. The van der Waals surface area contributed by atoms with Crippen LogP contribution in [0.15, 0.2) is 48.5 Å². The molecule has 4 heteroatoms. The van der Waals surface area contributed by atoms with E-state index in [2.05, 4.69) is 5.32 Å². The van der Waals surface area contributed by atoms with Gasteiger partial charge in [-0.1, -0.05) is 31.2 Å². The van der Waals surface area contributed by atoms with Gasteiger partial charge in [0.25, 0.3) is 0 Å². The molecule has 0 heterocycles. The van der Waals surface area contributed by atoms with Crippen molar-refractivity contribution in [2.75, 3.05) is 5.32 Å². The molecule has 0 saturated heterocycles. The van der Waals surface area contributed by atoms with Gasteiger partial charge in [-0.3, -0.25) is 4.79 Å². The summed E-state index contributed by atoms with van der Waals surface area (Å²) in [6, 6.07) is 14.3. The number of aryl methyl sites for hydroxylation is 1. The molecule has 21 heavy (non-hydrogen) atoms. The first-order valence-electron chi connectivity index (χ1n) is 6.92. The molecule has 0 aromatic heterocycles. The van der Waals surface area contributed by atoms with Crippen LogP contribution in [0.4, 0.5) is 5.69 Å². The van der Waals surface area contributed by atoms with Gasteiger partial charge in [-0.25, -0.2) is 0 Å². The first kappa shape index (κ1) is 14.9. The minimum atomic E-state index is -0.999. The molecule has 2 rings (SSSR count). The standard InChI is InChI=1S/C17H20N2O2/c1-3-17(16(18)21,13-7-9-15(20)10-8-13)19-14-6-4-5-12(2)11-14/h4-11,19-20H,3H2,1-2H3,(H2,18,21). The van der Waals surface area contributed by atoms with Crippen LogP contribution in [0, 0.1) is 6.92 Å². The first-order chi connectivity index (χ1) is 9.98. The van der Waals surface area contributed by atoms with Gasteiger partial charge in [0.2, 0.25) is 5.91 Å². The number of carbonyl (C=O) groups excluding carboxylic acids is 1. The topological polar surface area (TPSA) is 75.3 Å². The van der Waals surface area contributed by atoms with Crippen LogP contribution < -0.4 is 11.1 Å². The first-order valence-corrected chi connectivity index (χ1v) is 6.92. The number of anilines is 1. The predicted octanol–water partition coefficient (Wildman–Crippen LogP) is 2.90. The van der Waals surface area contributed by atoms with E-state index in [-0.39, 0.29) is 5.75 Å². The number of phenolic OH excluding ortho intramolecular Hbond substituents is 1. The fraction of sp³-hybridized carbons (Fsp3) is 0.235. The largest absolute Gasteiger partial charge is 0.508 e. The number of hydrogen-bond acceptors (Lipinski definition) is 3. The van der Waals surface area contributed by atoms with E-state index in [1.807, 2.05) is 38.1 Å². The molecule has 1 atom stereocenters. The third-order valence-electron chi connectivity index (χ3n) is 3.69. The van der Waals surface area contributed by atoms with Crippen LogP contribution in [0.3, 0.4) is 0 Å². The van der Waals surface area contributed by atoms with Crippen molar-refractivity contribution in [1.82, 2.24) is 0 Å². The number of amides is 1. The molecule has 0 radical (unpaired) electrons. The summed E-state index contributed by atoms with van der Waals surface area (Å²) in [5, 5.41) is 12.7. The zero-order valence-electron chi connectivity index (χ0n) is 12.3. The molecule has 110 valence electrons. The van der Waals surface area contributed by atoms with E-state index in [9.17, 15) is 9.90 Å². The Morgan fingerprint density at radius 2 is 1.90 bits per heavy atom. The van der Waals surface area contributed by atoms with Gasteiger partial charge in [0.1, 0.15) is 11.3 Å². The maximum absolute atomic E-state index is 12.1. The summed E-state index contributed by atoms with van der Waals surface area (Å²) in [5.41, 5.74) is 7.34. The maximum atomic E-state index is 12.1. The van der Waals surface area contributed by atoms with Crippen molar-refractivity contribution in [1.29, 1.82) is 0 Å². The van der Waals surface area contributed by atoms with Gasteiger partial charge < -0.3 is 16.2 Å². The summed E-state index contributed by atoms with van der Waals surface area (Å²) in [5.74, 6) is -0.291. The molecule has 0 aliphatic rings. The number of phenols is 1. The lowest BCUT2D eigenvalue weighted by atomic mass is 9.86. The molecule has 1 unspecified atom stereocenters. The Kier molecular flexibility index (Phi) is 4.17. The second-order valence-corrected chi connectivity index (χ2v) is 5.16. The van der Waals surface area contributed by atoms with E-state index in [0.717, 1.165) is 16.8 Å². The monoisotopic (exact) mass is 284 g/mol. The Balaban J connectivity index is 2.46. The fourth-order valence-electron chi connectivity index (χ4n) is 2.46. The number of aromatic hydroxyl groups is 1. The van der Waals surface area contributed by atoms with Gasteiger partial charge in [-0.05, 0) is 48.7 Å². The number of rotatable bonds is 5. The van der Waals surface area contributed by atoms with E-state index < -0.39 is 11.4 Å². The van der Waals surface area contributed by atoms with Gasteiger partial charge in [0, 0.05) is 5.69 Å². The molecular formula is C17H20N2O2. The highest BCUT2D eigenvalue weighted by Crippen LogP contribution is 2.31. The Labute approximate surface area is 124 Å². The number of nitrogens with one attached hydrogen (secondary N) is 1. The van der Waals surface area contributed by atoms with E-state index in [1.54, 1.807) is 24.3 Å². The highest BCUT2D eigenvalue weighted by atomic mass is 16.3. The van der Waals surface area contributed by atoms with Crippen LogP contribution in [0.1, 0.15) is 24.5 Å². The minimum Gasteiger partial charge on any atom is -0.508 e. The smallest absolute Gasteiger partial charge is 0.247 e. The fourth-order valence-corrected chi connectivity index (χ4v) is 2.46. The maximum Gasteiger partial charge on any atom is 0.247 e. The van der Waals surface area contributed by atoms with Crippen molar-refractivity contribution in [3.8, 4) is 5.75 Å². The van der Waals surface area contributed by atoms with Crippen molar-refractivity contribution >= 4 is 11.6 Å². The Hall–Kier alpha value is -2.49. The minimum absolute atomic E-state index is 0.156. The Bertz CT molecular complexity index is 637. The summed E-state index contributed by atoms with van der Waals surface area (Å²) in [6.45, 7) is 3.89. The molecule has 0 aliphatic carbocycles. The number of carbonyl (C=O) groups is 1. The second-order valence-electron chi connectivity index (χ2n) is 5.16. The van der Waals surface area contributed by atoms with E-state index in [1.165, 1.54) is 0 Å². The average Bonchev–Trinajstić information content (AvgIpc) is 2.45. The third-order valence-corrected chi connectivity index (χ3v) is 3.69. The van der Waals surface area contributed by atoms with Crippen LogP contribution in [0.2, 0.25) is 0 Å². The number of benzene rings is 2. The Morgan fingerprint density at radius 1 is 1.24 bits per heavy atom. The molecule has 0 bridgehead atoms. The lowest BCUT2D eigenvalue weighted by molar-refractivity contribution is -0.122. The van der Waals surface area contributed by atoms with Crippen molar-refractivity contribution in [3.05, 3.63) is 59.7 Å². The summed E-state index contributed by atoms with van der Waals surface area (Å²) in [7, 11) is 0. The average molecular weight is 284 g/mol. The summed E-state index contributed by atoms with van der Waals surface area (Å²) >= 11 is 0. The van der Waals surface area contributed by atoms with Crippen molar-refractivity contribution < 1.29 is 9.90 Å². The Morgan fingerprint density at radius 3 is 2.43 bits per heavy atom. The van der Waals surface area contributed by atoms with Gasteiger partial charge in [0.15, 0.2) is 0 Å². The highest BCUT2D eigenvalue weighted by molar-refractivity contribution is 5.89. The lowest BCUT2D eigenvalue weighted by Crippen LogP contribution is -2.47. The van der Waals surface area contributed by atoms with Gasteiger partial charge in [-0.15, -0.1) is 0 Å². The van der Waals surface area contributed by atoms with E-state index in [4.69, 9.17) is 5.73 Å². The van der Waals surface area contributed by atoms with Crippen molar-refractivity contribution in [2.24, 2.45) is 5.73 Å². The molecule has 2 aromatic carbocycles. The highest BCUT2D eigenvalue weighted by Gasteiger charge is 2.36. The van der Waals surface area contributed by atoms with Crippen molar-refractivity contribution in [3.63, 3.8) is 0 Å². The molecule has 4 nitrogen and oxygen atoms in total. The van der Waals surface area contributed by atoms with E-state index in [0.29, 0.717) is 6.42 Å². The summed E-state index contributed by atoms with van der Waals surface area (Å²) in [6.07, 6.45) is 0.501. The summed E-state index contributed by atoms with van der Waals surface area (Å²) < 4.78 is 0. The number of nitrogens with two attached hydrogens (primary N) is 1. The second kappa shape index (κ2) is 5.87. The van der Waals surface area contributed by atoms with Crippen LogP contribution in [0.5, 0.6) is 5.75 Å². The molecular weight excluding hydrogens is 264 g/mol. The van der Waals surface area contributed by atoms with Crippen LogP contribution >= 0.6 is 0 Å². The van der Waals surface area contributed by atoms with Gasteiger partial charge >= 0.3 is 0 Å². The molecule has 0 fully saturated rings. The van der Waals surface area contributed by atoms with Crippen LogP contribution in [-0.4, -0.2) is 11.0 Å². The number of primary amides is 1. The molecule has 1 amide bonds. The lowest BCUT2D eigenvalue weighted by Gasteiger charge is -2.32. The molecule has 4 N–H and O–H groups in total. The predicted molar refractivity (Wildman–Crippen MR) is 84.1 cm³/mol. The van der Waals surface area contributed by atoms with Gasteiger partial charge in [-0.2, -0.15) is 0 Å². The molecule has 0 saturated carbocycles. The van der Waals surface area contributed by atoms with E-state index >= 15 is 0 Å². The number of hydrogen-bond donors (Lipinski definition) is 3. The molecule has 2 aromatic rings.